The molecule has 0 saturated heterocycles. The number of primary amides is 1. The summed E-state index contributed by atoms with van der Waals surface area (Å²) in [6, 6.07) is 11.5. The molecule has 1 amide bonds. The zero-order chi connectivity index (χ0) is 17.4. The van der Waals surface area contributed by atoms with Crippen LogP contribution in [0.25, 0.3) is 33.3 Å². The van der Waals surface area contributed by atoms with Crippen molar-refractivity contribution in [1.29, 1.82) is 0 Å². The zero-order valence-corrected chi connectivity index (χ0v) is 13.0. The molecule has 0 radical (unpaired) electrons. The van der Waals surface area contributed by atoms with Gasteiger partial charge in [-0.15, -0.1) is 0 Å². The fraction of sp³-hybridized carbons (Fsp3) is 0. The maximum Gasteiger partial charge on any atom is 0.250 e. The van der Waals surface area contributed by atoms with Crippen molar-refractivity contribution in [3.63, 3.8) is 0 Å². The molecule has 6 heteroatoms. The second kappa shape index (κ2) is 5.83. The highest BCUT2D eigenvalue weighted by atomic mass is 19.1. The third-order valence-electron chi connectivity index (χ3n) is 4.09. The maximum absolute atomic E-state index is 13.2. The van der Waals surface area contributed by atoms with Crippen molar-refractivity contribution in [2.45, 2.75) is 0 Å². The molecule has 3 N–H and O–H groups in total. The lowest BCUT2D eigenvalue weighted by Crippen LogP contribution is -2.11. The predicted molar refractivity (Wildman–Crippen MR) is 93.2 cm³/mol. The van der Waals surface area contributed by atoms with Crippen LogP contribution in [0.1, 0.15) is 10.4 Å². The Morgan fingerprint density at radius 1 is 1.00 bits per heavy atom. The van der Waals surface area contributed by atoms with E-state index in [0.29, 0.717) is 11.1 Å². The monoisotopic (exact) mass is 332 g/mol. The molecule has 0 unspecified atom stereocenters. The summed E-state index contributed by atoms with van der Waals surface area (Å²) >= 11 is 0. The van der Waals surface area contributed by atoms with Crippen LogP contribution < -0.4 is 5.73 Å². The molecule has 122 valence electrons. The molecule has 0 bridgehead atoms. The first-order chi connectivity index (χ1) is 12.1. The van der Waals surface area contributed by atoms with Gasteiger partial charge in [0.2, 0.25) is 0 Å². The van der Waals surface area contributed by atoms with Crippen LogP contribution in [-0.2, 0) is 0 Å². The normalized spacial score (nSPS) is 10.9. The van der Waals surface area contributed by atoms with Gasteiger partial charge in [0.15, 0.2) is 0 Å². The number of nitrogens with two attached hydrogens (primary N) is 1. The van der Waals surface area contributed by atoms with E-state index in [1.165, 1.54) is 18.5 Å². The molecule has 2 heterocycles. The van der Waals surface area contributed by atoms with Crippen molar-refractivity contribution in [1.82, 2.24) is 15.0 Å². The highest BCUT2D eigenvalue weighted by molar-refractivity contribution is 6.10. The van der Waals surface area contributed by atoms with Gasteiger partial charge < -0.3 is 10.7 Å². The number of carbonyl (C=O) groups is 1. The van der Waals surface area contributed by atoms with Crippen molar-refractivity contribution < 1.29 is 9.18 Å². The third kappa shape index (κ3) is 2.63. The fourth-order valence-corrected chi connectivity index (χ4v) is 2.90. The maximum atomic E-state index is 13.2. The van der Waals surface area contributed by atoms with Crippen LogP contribution in [0, 0.1) is 5.82 Å². The minimum atomic E-state index is -0.520. The molecule has 25 heavy (non-hydrogen) atoms. The number of nitrogens with zero attached hydrogens (tertiary/aromatic N) is 2. The van der Waals surface area contributed by atoms with E-state index < -0.39 is 5.91 Å². The van der Waals surface area contributed by atoms with E-state index in [-0.39, 0.29) is 5.82 Å². The van der Waals surface area contributed by atoms with E-state index in [2.05, 4.69) is 15.0 Å². The van der Waals surface area contributed by atoms with Gasteiger partial charge in [0, 0.05) is 29.0 Å². The molecule has 4 aromatic rings. The number of rotatable bonds is 3. The summed E-state index contributed by atoms with van der Waals surface area (Å²) in [6.07, 6.45) is 4.87. The second-order valence-corrected chi connectivity index (χ2v) is 5.63. The molecule has 0 fully saturated rings. The third-order valence-corrected chi connectivity index (χ3v) is 4.09. The van der Waals surface area contributed by atoms with Gasteiger partial charge in [-0.05, 0) is 47.5 Å². The molecule has 4 rings (SSSR count). The van der Waals surface area contributed by atoms with Gasteiger partial charge in [0.05, 0.1) is 11.1 Å². The molecule has 0 aliphatic carbocycles. The second-order valence-electron chi connectivity index (χ2n) is 5.63. The number of benzene rings is 2. The average molecular weight is 332 g/mol. The number of aromatic nitrogens is 3. The Hall–Kier alpha value is -3.54. The molecular formula is C19H13FN4O. The molecular weight excluding hydrogens is 319 g/mol. The van der Waals surface area contributed by atoms with Crippen LogP contribution in [-0.4, -0.2) is 20.9 Å². The van der Waals surface area contributed by atoms with E-state index in [4.69, 9.17) is 5.73 Å². The number of hydrogen-bond acceptors (Lipinski definition) is 3. The topological polar surface area (TPSA) is 84.7 Å². The summed E-state index contributed by atoms with van der Waals surface area (Å²) in [5.41, 5.74) is 9.81. The lowest BCUT2D eigenvalue weighted by molar-refractivity contribution is 0.100. The van der Waals surface area contributed by atoms with Gasteiger partial charge in [-0.1, -0.05) is 6.07 Å². The Balaban J connectivity index is 1.98. The quantitative estimate of drug-likeness (QED) is 0.602. The molecule has 5 nitrogen and oxygen atoms in total. The lowest BCUT2D eigenvalue weighted by Gasteiger charge is -2.05. The van der Waals surface area contributed by atoms with Crippen molar-refractivity contribution in [2.75, 3.05) is 0 Å². The number of nitrogens with one attached hydrogen (secondary N) is 1. The van der Waals surface area contributed by atoms with Gasteiger partial charge in [0.1, 0.15) is 12.1 Å². The minimum absolute atomic E-state index is 0.306. The smallest absolute Gasteiger partial charge is 0.250 e. The van der Waals surface area contributed by atoms with E-state index in [1.807, 2.05) is 12.1 Å². The summed E-state index contributed by atoms with van der Waals surface area (Å²) in [5, 5.41) is 0.824. The largest absolute Gasteiger partial charge is 0.366 e. The number of amides is 1. The molecule has 2 aromatic heterocycles. The molecule has 0 spiro atoms. The first kappa shape index (κ1) is 15.0. The summed E-state index contributed by atoms with van der Waals surface area (Å²) in [6.45, 7) is 0. The molecule has 0 atom stereocenters. The van der Waals surface area contributed by atoms with E-state index in [9.17, 15) is 9.18 Å². The van der Waals surface area contributed by atoms with Gasteiger partial charge >= 0.3 is 0 Å². The summed E-state index contributed by atoms with van der Waals surface area (Å²) in [4.78, 5) is 23.1. The Kier molecular flexibility index (Phi) is 3.50. The average Bonchev–Trinajstić information content (AvgIpc) is 3.07. The van der Waals surface area contributed by atoms with E-state index in [1.54, 1.807) is 30.6 Å². The van der Waals surface area contributed by atoms with Crippen molar-refractivity contribution in [3.05, 3.63) is 72.6 Å². The highest BCUT2D eigenvalue weighted by Gasteiger charge is 2.15. The fourth-order valence-electron chi connectivity index (χ4n) is 2.90. The highest BCUT2D eigenvalue weighted by Crippen LogP contribution is 2.33. The molecule has 0 aliphatic heterocycles. The van der Waals surface area contributed by atoms with Crippen LogP contribution in [0.4, 0.5) is 4.39 Å². The number of fused-ring (bicyclic) bond motifs is 1. The Bertz CT molecular complexity index is 1070. The summed E-state index contributed by atoms with van der Waals surface area (Å²) < 4.78 is 13.2. The van der Waals surface area contributed by atoms with Crippen LogP contribution in [0.2, 0.25) is 0 Å². The van der Waals surface area contributed by atoms with E-state index >= 15 is 0 Å². The van der Waals surface area contributed by atoms with E-state index in [0.717, 1.165) is 27.8 Å². The van der Waals surface area contributed by atoms with Gasteiger partial charge in [-0.3, -0.25) is 4.79 Å². The summed E-state index contributed by atoms with van der Waals surface area (Å²) in [5.74, 6) is -0.826. The van der Waals surface area contributed by atoms with Crippen LogP contribution >= 0.6 is 0 Å². The number of H-pyrrole nitrogens is 1. The molecule has 0 saturated carbocycles. The van der Waals surface area contributed by atoms with Gasteiger partial charge in [-0.2, -0.15) is 0 Å². The summed E-state index contributed by atoms with van der Waals surface area (Å²) in [7, 11) is 0. The number of hydrogen-bond donors (Lipinski definition) is 2. The molecule has 2 aromatic carbocycles. The Morgan fingerprint density at radius 2 is 1.72 bits per heavy atom. The van der Waals surface area contributed by atoms with Crippen molar-refractivity contribution >= 4 is 16.8 Å². The number of carbonyl (C=O) groups excluding carboxylic acids is 1. The molecule has 0 aliphatic rings. The Labute approximate surface area is 142 Å². The lowest BCUT2D eigenvalue weighted by atomic mass is 10.0. The van der Waals surface area contributed by atoms with Crippen LogP contribution in [0.15, 0.2) is 61.2 Å². The first-order valence-corrected chi connectivity index (χ1v) is 7.60. The number of halogens is 1. The van der Waals surface area contributed by atoms with Crippen LogP contribution in [0.5, 0.6) is 0 Å². The van der Waals surface area contributed by atoms with Gasteiger partial charge in [0.25, 0.3) is 5.91 Å². The van der Waals surface area contributed by atoms with Gasteiger partial charge in [-0.25, -0.2) is 14.4 Å². The number of aromatic amines is 1. The van der Waals surface area contributed by atoms with Crippen molar-refractivity contribution in [3.8, 4) is 22.4 Å². The van der Waals surface area contributed by atoms with Crippen LogP contribution in [0.3, 0.4) is 0 Å². The Morgan fingerprint density at radius 3 is 2.40 bits per heavy atom. The minimum Gasteiger partial charge on any atom is -0.366 e. The SMILES string of the molecule is NC(=O)c1ccc(-c2cncnc2)c2cc(-c3ccc(F)cc3)[nH]c12. The van der Waals surface area contributed by atoms with Crippen molar-refractivity contribution in [2.24, 2.45) is 5.73 Å². The predicted octanol–water partition coefficient (Wildman–Crippen LogP) is 3.53. The zero-order valence-electron chi connectivity index (χ0n) is 13.0. The first-order valence-electron chi connectivity index (χ1n) is 7.60. The standard InChI is InChI=1S/C19H13FN4O/c20-13-3-1-11(2-4-13)17-7-16-14(12-8-22-10-23-9-12)5-6-15(19(21)25)18(16)24-17/h1-10,24H,(H2,21,25).